The Morgan fingerprint density at radius 3 is 2.60 bits per heavy atom. The number of hydrogen-bond acceptors (Lipinski definition) is 3. The maximum absolute atomic E-state index is 12.1. The summed E-state index contributed by atoms with van der Waals surface area (Å²) in [4.78, 5) is 4.10. The highest BCUT2D eigenvalue weighted by molar-refractivity contribution is 5.44. The van der Waals surface area contributed by atoms with E-state index < -0.39 is 6.36 Å². The fraction of sp³-hybridized carbons (Fsp3) is 0.154. The largest absolute Gasteiger partial charge is 0.573 e. The molecule has 1 N–H and O–H groups in total. The molecular formula is C13H12F3N3O. The Labute approximate surface area is 113 Å². The van der Waals surface area contributed by atoms with E-state index in [9.17, 15) is 13.2 Å². The standard InChI is InChI=1S/C13H12F3N3O/c1-2-7-17-12-18-8-9-19(12)10-3-5-11(6-4-10)20-13(14,15)16/h2-6,8-9H,1,7H2,(H,17,18). The number of anilines is 1. The van der Waals surface area contributed by atoms with Crippen LogP contribution >= 0.6 is 0 Å². The number of ether oxygens (including phenoxy) is 1. The molecule has 1 aromatic carbocycles. The number of nitrogens with zero attached hydrogens (tertiary/aromatic N) is 2. The molecule has 0 saturated heterocycles. The fourth-order valence-corrected chi connectivity index (χ4v) is 1.61. The Balaban J connectivity index is 2.18. The summed E-state index contributed by atoms with van der Waals surface area (Å²) >= 11 is 0. The van der Waals surface area contributed by atoms with Crippen molar-refractivity contribution >= 4 is 5.95 Å². The highest BCUT2D eigenvalue weighted by atomic mass is 19.4. The molecule has 2 aromatic rings. The van der Waals surface area contributed by atoms with Crippen LogP contribution < -0.4 is 10.1 Å². The Kier molecular flexibility index (Phi) is 3.97. The van der Waals surface area contributed by atoms with E-state index in [4.69, 9.17) is 0 Å². The van der Waals surface area contributed by atoms with Crippen LogP contribution in [0, 0.1) is 0 Å². The van der Waals surface area contributed by atoms with Crippen molar-refractivity contribution in [3.8, 4) is 11.4 Å². The number of halogens is 3. The number of benzene rings is 1. The first kappa shape index (κ1) is 14.0. The van der Waals surface area contributed by atoms with Crippen molar-refractivity contribution in [2.24, 2.45) is 0 Å². The third-order valence-electron chi connectivity index (χ3n) is 2.39. The second-order valence-corrected chi connectivity index (χ2v) is 3.83. The molecule has 0 radical (unpaired) electrons. The maximum Gasteiger partial charge on any atom is 0.573 e. The zero-order valence-corrected chi connectivity index (χ0v) is 10.4. The molecule has 0 saturated carbocycles. The van der Waals surface area contributed by atoms with Gasteiger partial charge in [0.25, 0.3) is 0 Å². The molecule has 1 heterocycles. The molecule has 4 nitrogen and oxygen atoms in total. The van der Waals surface area contributed by atoms with Crippen molar-refractivity contribution < 1.29 is 17.9 Å². The van der Waals surface area contributed by atoms with Gasteiger partial charge in [0.1, 0.15) is 5.75 Å². The average molecular weight is 283 g/mol. The van der Waals surface area contributed by atoms with E-state index in [0.717, 1.165) is 0 Å². The summed E-state index contributed by atoms with van der Waals surface area (Å²) in [6, 6.07) is 5.53. The summed E-state index contributed by atoms with van der Waals surface area (Å²) in [7, 11) is 0. The second kappa shape index (κ2) is 5.68. The van der Waals surface area contributed by atoms with Crippen molar-refractivity contribution in [1.29, 1.82) is 0 Å². The zero-order valence-electron chi connectivity index (χ0n) is 10.4. The summed E-state index contributed by atoms with van der Waals surface area (Å²) in [5.74, 6) is 0.316. The minimum absolute atomic E-state index is 0.262. The van der Waals surface area contributed by atoms with Crippen LogP contribution in [0.25, 0.3) is 5.69 Å². The molecule has 1 aromatic heterocycles. The van der Waals surface area contributed by atoms with E-state index in [0.29, 0.717) is 18.2 Å². The average Bonchev–Trinajstić information content (AvgIpc) is 2.83. The molecule has 20 heavy (non-hydrogen) atoms. The van der Waals surface area contributed by atoms with Gasteiger partial charge >= 0.3 is 6.36 Å². The van der Waals surface area contributed by atoms with Crippen molar-refractivity contribution in [1.82, 2.24) is 9.55 Å². The SMILES string of the molecule is C=CCNc1nccn1-c1ccc(OC(F)(F)F)cc1. The molecule has 0 atom stereocenters. The number of rotatable bonds is 5. The Bertz CT molecular complexity index is 575. The molecule has 106 valence electrons. The lowest BCUT2D eigenvalue weighted by Crippen LogP contribution is -2.17. The van der Waals surface area contributed by atoms with Crippen LogP contribution in [0.2, 0.25) is 0 Å². The summed E-state index contributed by atoms with van der Waals surface area (Å²) in [5.41, 5.74) is 0.670. The van der Waals surface area contributed by atoms with Gasteiger partial charge in [-0.1, -0.05) is 6.08 Å². The molecule has 7 heteroatoms. The van der Waals surface area contributed by atoms with Gasteiger partial charge in [-0.05, 0) is 24.3 Å². The van der Waals surface area contributed by atoms with Gasteiger partial charge in [-0.25, -0.2) is 4.98 Å². The smallest absolute Gasteiger partial charge is 0.406 e. The molecular weight excluding hydrogens is 271 g/mol. The van der Waals surface area contributed by atoms with Crippen LogP contribution in [0.15, 0.2) is 49.3 Å². The maximum atomic E-state index is 12.1. The fourth-order valence-electron chi connectivity index (χ4n) is 1.61. The molecule has 0 aliphatic heterocycles. The summed E-state index contributed by atoms with van der Waals surface area (Å²) in [6.07, 6.45) is 0.281. The number of nitrogens with one attached hydrogen (secondary N) is 1. The first-order chi connectivity index (χ1) is 9.49. The van der Waals surface area contributed by atoms with Crippen molar-refractivity contribution in [3.63, 3.8) is 0 Å². The second-order valence-electron chi connectivity index (χ2n) is 3.83. The van der Waals surface area contributed by atoms with E-state index in [2.05, 4.69) is 21.6 Å². The first-order valence-electron chi connectivity index (χ1n) is 5.74. The minimum atomic E-state index is -4.69. The van der Waals surface area contributed by atoms with Crippen molar-refractivity contribution in [2.75, 3.05) is 11.9 Å². The number of imidazole rings is 1. The van der Waals surface area contributed by atoms with Crippen LogP contribution in [0.1, 0.15) is 0 Å². The summed E-state index contributed by atoms with van der Waals surface area (Å²) in [5, 5.41) is 3.02. The highest BCUT2D eigenvalue weighted by Gasteiger charge is 2.30. The lowest BCUT2D eigenvalue weighted by molar-refractivity contribution is -0.274. The van der Waals surface area contributed by atoms with Gasteiger partial charge in [0.2, 0.25) is 5.95 Å². The normalized spacial score (nSPS) is 11.2. The molecule has 0 aliphatic carbocycles. The van der Waals surface area contributed by atoms with Gasteiger partial charge in [-0.2, -0.15) is 0 Å². The molecule has 0 bridgehead atoms. The molecule has 0 amide bonds. The van der Waals surface area contributed by atoms with Crippen molar-refractivity contribution in [2.45, 2.75) is 6.36 Å². The van der Waals surface area contributed by atoms with Gasteiger partial charge in [0.05, 0.1) is 0 Å². The number of hydrogen-bond donors (Lipinski definition) is 1. The topological polar surface area (TPSA) is 39.1 Å². The van der Waals surface area contributed by atoms with Gasteiger partial charge < -0.3 is 10.1 Å². The molecule has 0 spiro atoms. The van der Waals surface area contributed by atoms with Crippen LogP contribution in [0.3, 0.4) is 0 Å². The monoisotopic (exact) mass is 283 g/mol. The van der Waals surface area contributed by atoms with Gasteiger partial charge in [0, 0.05) is 24.6 Å². The van der Waals surface area contributed by atoms with Crippen LogP contribution in [-0.4, -0.2) is 22.5 Å². The van der Waals surface area contributed by atoms with E-state index in [1.807, 2.05) is 0 Å². The van der Waals surface area contributed by atoms with Gasteiger partial charge in [-0.3, -0.25) is 4.57 Å². The van der Waals surface area contributed by atoms with Crippen LogP contribution in [-0.2, 0) is 0 Å². The van der Waals surface area contributed by atoms with E-state index in [-0.39, 0.29) is 5.75 Å². The quantitative estimate of drug-likeness (QED) is 0.855. The number of alkyl halides is 3. The number of aromatic nitrogens is 2. The summed E-state index contributed by atoms with van der Waals surface area (Å²) in [6.45, 7) is 4.12. The van der Waals surface area contributed by atoms with Gasteiger partial charge in [0.15, 0.2) is 0 Å². The zero-order chi connectivity index (χ0) is 14.6. The summed E-state index contributed by atoms with van der Waals surface area (Å²) < 4.78 is 41.7. The van der Waals surface area contributed by atoms with Gasteiger partial charge in [-0.15, -0.1) is 19.8 Å². The lowest BCUT2D eigenvalue weighted by atomic mass is 10.3. The molecule has 0 fully saturated rings. The van der Waals surface area contributed by atoms with Crippen molar-refractivity contribution in [3.05, 3.63) is 49.3 Å². The molecule has 0 aliphatic rings. The van der Waals surface area contributed by atoms with E-state index in [1.54, 1.807) is 23.0 Å². The van der Waals surface area contributed by atoms with Crippen LogP contribution in [0.4, 0.5) is 19.1 Å². The predicted molar refractivity (Wildman–Crippen MR) is 68.9 cm³/mol. The molecule has 0 unspecified atom stereocenters. The third kappa shape index (κ3) is 3.53. The predicted octanol–water partition coefficient (Wildman–Crippen LogP) is 3.37. The minimum Gasteiger partial charge on any atom is -0.406 e. The third-order valence-corrected chi connectivity index (χ3v) is 2.39. The Hall–Kier alpha value is -2.44. The Morgan fingerprint density at radius 1 is 1.30 bits per heavy atom. The lowest BCUT2D eigenvalue weighted by Gasteiger charge is -2.11. The highest BCUT2D eigenvalue weighted by Crippen LogP contribution is 2.24. The molecule has 2 rings (SSSR count). The van der Waals surface area contributed by atoms with E-state index in [1.165, 1.54) is 24.3 Å². The Morgan fingerprint density at radius 2 is 2.00 bits per heavy atom. The van der Waals surface area contributed by atoms with E-state index >= 15 is 0 Å². The first-order valence-corrected chi connectivity index (χ1v) is 5.74. The van der Waals surface area contributed by atoms with Crippen LogP contribution in [0.5, 0.6) is 5.75 Å².